The first-order valence-electron chi connectivity index (χ1n) is 33.1. The third-order valence-electron chi connectivity index (χ3n) is 17.9. The number of halogens is 2. The fourth-order valence-corrected chi connectivity index (χ4v) is 14.1. The first-order chi connectivity index (χ1) is 48.0. The molecule has 14 N–H and O–H groups in total. The molecular weight excluding hydrogens is 1330 g/mol. The molecule has 1 fully saturated rings. The van der Waals surface area contributed by atoms with E-state index in [4.69, 9.17) is 5.73 Å². The minimum absolute atomic E-state index is 0.0515. The van der Waals surface area contributed by atoms with E-state index >= 15 is 19.2 Å². The Labute approximate surface area is 584 Å². The Hall–Kier alpha value is -9.81. The maximum Gasteiger partial charge on any atom is 0.305 e. The molecule has 4 aromatic carbocycles. The van der Waals surface area contributed by atoms with E-state index in [1.165, 1.54) is 104 Å². The Balaban J connectivity index is 1.06. The number of hydrogen-bond acceptors (Lipinski definition) is 15. The summed E-state index contributed by atoms with van der Waals surface area (Å²) < 4.78 is 29.9. The number of nitrogens with zero attached hydrogens (tertiary/aromatic N) is 3. The second-order valence-corrected chi connectivity index (χ2v) is 27.5. The van der Waals surface area contributed by atoms with Crippen LogP contribution >= 0.6 is 23.5 Å². The number of phenolic OH excluding ortho intramolecular Hbond substituents is 1. The molecule has 0 radical (unpaired) electrons. The average Bonchev–Trinajstić information content (AvgIpc) is 1.60. The minimum atomic E-state index is -2.02. The zero-order chi connectivity index (χ0) is 71.6. The van der Waals surface area contributed by atoms with Gasteiger partial charge in [-0.25, -0.2) is 13.8 Å². The van der Waals surface area contributed by atoms with Crippen molar-refractivity contribution in [3.8, 4) is 5.75 Å². The van der Waals surface area contributed by atoms with E-state index in [0.29, 0.717) is 76.4 Å². The van der Waals surface area contributed by atoms with E-state index in [9.17, 15) is 47.8 Å². The van der Waals surface area contributed by atoms with Gasteiger partial charge in [-0.1, -0.05) is 36.4 Å². The standard InChI is InChI=1S/C70H84F2N14O12S2/c1-40-62(91)81-55(28-44-34-76-52-17-13-46(71)30-50(44)52)64(93)82-56(29-45-35-77-53-18-14-47(72)31-51(45)53)65(94)83-57(33-61(89)90)66(95)84-58(32-48-36-74-39-78-48)67(96)85(3)59(27-41-11-15-49(87)16-12-41)68(97)86-23-7-20-70(86,2)69(98)75-22-25-100-38-43-9-6-8-42(26-43)37-99-24-19-60(88)80-54(63(92)79-40)10-4-5-21-73/h6,8-9,11-18,26,30-31,34-36,39-40,54-59,76-77,87H,4-5,7,10,19-25,27-29,32-33,37-38,73H2,1-3H3,(H,74,78)(H,75,98)(H,79,92)(H,80,88)(H,81,91)(H,82,93)(H,83,94)(H,84,95)(H,89,90)/t40-,54+,55?,56?,57+,58+,59+,70+/m1/s1. The first-order valence-corrected chi connectivity index (χ1v) is 35.4. The highest BCUT2D eigenvalue weighted by molar-refractivity contribution is 7.98. The number of benzene rings is 4. The summed E-state index contributed by atoms with van der Waals surface area (Å²) in [5, 5.41) is 40.1. The number of rotatable bonds is 14. The van der Waals surface area contributed by atoms with Gasteiger partial charge in [0.2, 0.25) is 53.2 Å². The molecule has 0 saturated carbocycles. The van der Waals surface area contributed by atoms with Crippen LogP contribution in [0.2, 0.25) is 0 Å². The Morgan fingerprint density at radius 3 is 1.87 bits per heavy atom. The number of carbonyl (C=O) groups excluding carboxylic acids is 9. The number of thioether (sulfide) groups is 2. The Morgan fingerprint density at radius 1 is 0.670 bits per heavy atom. The highest BCUT2D eigenvalue weighted by Gasteiger charge is 2.49. The summed E-state index contributed by atoms with van der Waals surface area (Å²) in [7, 11) is 1.34. The van der Waals surface area contributed by atoms with Crippen molar-refractivity contribution in [1.82, 2.24) is 67.0 Å². The number of likely N-dealkylation sites (N-methyl/N-ethyl adjacent to an activating group) is 1. The number of carbonyl (C=O) groups is 10. The molecule has 1 saturated heterocycles. The number of H-pyrrole nitrogens is 3. The van der Waals surface area contributed by atoms with Gasteiger partial charge in [0.15, 0.2) is 0 Å². The topological polar surface area (TPSA) is 388 Å². The number of phenols is 1. The van der Waals surface area contributed by atoms with Crippen LogP contribution in [0, 0.1) is 11.6 Å². The van der Waals surface area contributed by atoms with Crippen molar-refractivity contribution in [3.05, 3.63) is 155 Å². The smallest absolute Gasteiger partial charge is 0.305 e. The van der Waals surface area contributed by atoms with Gasteiger partial charge in [-0.15, -0.1) is 0 Å². The molecule has 7 aromatic rings. The van der Waals surface area contributed by atoms with E-state index in [1.807, 2.05) is 18.2 Å². The van der Waals surface area contributed by atoms with Gasteiger partial charge < -0.3 is 77.9 Å². The molecule has 2 bridgehead atoms. The van der Waals surface area contributed by atoms with Gasteiger partial charge in [0, 0.05) is 116 Å². The third-order valence-corrected chi connectivity index (χ3v) is 20.0. The summed E-state index contributed by atoms with van der Waals surface area (Å²) in [4.78, 5) is 161. The Morgan fingerprint density at radius 2 is 1.26 bits per heavy atom. The van der Waals surface area contributed by atoms with Gasteiger partial charge in [0.25, 0.3) is 0 Å². The predicted octanol–water partition coefficient (Wildman–Crippen LogP) is 4.05. The normalized spacial score (nSPS) is 23.0. The number of carboxylic acid groups (broad SMARTS) is 1. The summed E-state index contributed by atoms with van der Waals surface area (Å²) in [6, 6.07) is 10.7. The monoisotopic (exact) mass is 1410 g/mol. The van der Waals surface area contributed by atoms with E-state index in [1.54, 1.807) is 30.8 Å². The van der Waals surface area contributed by atoms with Gasteiger partial charge in [-0.05, 0) is 129 Å². The molecule has 30 heteroatoms. The molecule has 2 aliphatic heterocycles. The molecule has 3 aromatic heterocycles. The lowest BCUT2D eigenvalue weighted by atomic mass is 9.95. The molecule has 0 spiro atoms. The second kappa shape index (κ2) is 34.8. The van der Waals surface area contributed by atoms with E-state index in [2.05, 4.69) is 63.2 Å². The fourth-order valence-electron chi connectivity index (χ4n) is 12.4. The number of nitrogens with two attached hydrogens (primary N) is 1. The number of carboxylic acids is 1. The van der Waals surface area contributed by atoms with Crippen molar-refractivity contribution in [1.29, 1.82) is 0 Å². The highest BCUT2D eigenvalue weighted by Crippen LogP contribution is 2.32. The lowest BCUT2D eigenvalue weighted by Gasteiger charge is -2.39. The number of aliphatic carboxylic acids is 1. The van der Waals surface area contributed by atoms with Crippen LogP contribution in [0.4, 0.5) is 8.78 Å². The maximum absolute atomic E-state index is 15.3. The van der Waals surface area contributed by atoms with Gasteiger partial charge in [0.1, 0.15) is 65.2 Å². The molecular formula is C70H84F2N14O12S2. The van der Waals surface area contributed by atoms with Crippen LogP contribution in [0.3, 0.4) is 0 Å². The van der Waals surface area contributed by atoms with E-state index in [-0.39, 0.29) is 74.0 Å². The number of unbranched alkanes of at least 4 members (excludes halogenated alkanes) is 1. The number of nitrogens with one attached hydrogen (secondary N) is 10. The Kier molecular flexibility index (Phi) is 25.9. The molecule has 2 unspecified atom stereocenters. The quantitative estimate of drug-likeness (QED) is 0.0683. The van der Waals surface area contributed by atoms with Crippen LogP contribution in [0.25, 0.3) is 21.8 Å². The van der Waals surface area contributed by atoms with Crippen LogP contribution in [0.15, 0.2) is 110 Å². The van der Waals surface area contributed by atoms with Crippen LogP contribution < -0.4 is 43.0 Å². The number of aromatic hydroxyl groups is 1. The molecule has 9 amide bonds. The summed E-state index contributed by atoms with van der Waals surface area (Å²) in [5.41, 5.74) is 8.69. The summed E-state index contributed by atoms with van der Waals surface area (Å²) >= 11 is 3.11. The molecule has 5 heterocycles. The van der Waals surface area contributed by atoms with Gasteiger partial charge in [-0.2, -0.15) is 23.5 Å². The lowest BCUT2D eigenvalue weighted by molar-refractivity contribution is -0.152. The van der Waals surface area contributed by atoms with Gasteiger partial charge >= 0.3 is 5.97 Å². The summed E-state index contributed by atoms with van der Waals surface area (Å²) in [6.45, 7) is 3.73. The first kappa shape index (κ1) is 74.4. The third kappa shape index (κ3) is 19.8. The summed E-state index contributed by atoms with van der Waals surface area (Å²) in [6.07, 6.45) is 5.20. The van der Waals surface area contributed by atoms with E-state index in [0.717, 1.165) is 16.0 Å². The number of imidazole rings is 1. The SMILES string of the molecule is C[C@H]1NC(=O)[C@H](CCCCN)NC(=O)CCSCc2cccc(c2)CSCCNC(=O)[C@]2(C)CCCN2C(=O)[C@H](Cc2ccc(O)cc2)N(C)C(=O)[C@H](Cc2c[nH]cn2)NC(=O)[C@H](CC(=O)O)NC(=O)C(Cc2c[nH]c3ccc(F)cc23)NC(=O)C(Cc2c[nH]c3ccc(F)cc23)NC1=O. The van der Waals surface area contributed by atoms with Gasteiger partial charge in [0.05, 0.1) is 18.4 Å². The fraction of sp³-hybridized carbons (Fsp3) is 0.414. The molecule has 2 aliphatic rings. The van der Waals surface area contributed by atoms with E-state index < -0.39 is 131 Å². The van der Waals surface area contributed by atoms with Crippen LogP contribution in [0.1, 0.15) is 92.3 Å². The van der Waals surface area contributed by atoms with Crippen LogP contribution in [-0.4, -0.2) is 185 Å². The maximum atomic E-state index is 15.3. The largest absolute Gasteiger partial charge is 0.508 e. The molecule has 532 valence electrons. The zero-order valence-electron chi connectivity index (χ0n) is 55.6. The van der Waals surface area contributed by atoms with Crippen molar-refractivity contribution < 1.29 is 66.9 Å². The van der Waals surface area contributed by atoms with Crippen molar-refractivity contribution >= 4 is 104 Å². The van der Waals surface area contributed by atoms with Gasteiger partial charge in [-0.3, -0.25) is 47.9 Å². The minimum Gasteiger partial charge on any atom is -0.508 e. The molecule has 8 atom stereocenters. The lowest BCUT2D eigenvalue weighted by Crippen LogP contribution is -2.62. The van der Waals surface area contributed by atoms with Crippen molar-refractivity contribution in [2.75, 3.05) is 38.2 Å². The predicted molar refractivity (Wildman–Crippen MR) is 373 cm³/mol. The van der Waals surface area contributed by atoms with Crippen LogP contribution in [0.5, 0.6) is 5.75 Å². The van der Waals surface area contributed by atoms with Crippen molar-refractivity contribution in [2.45, 2.75) is 144 Å². The average molecular weight is 1420 g/mol. The number of hydrogen-bond donors (Lipinski definition) is 13. The highest BCUT2D eigenvalue weighted by atomic mass is 32.2. The number of aromatic amines is 3. The van der Waals surface area contributed by atoms with Crippen molar-refractivity contribution in [2.24, 2.45) is 5.73 Å². The van der Waals surface area contributed by atoms with Crippen molar-refractivity contribution in [3.63, 3.8) is 0 Å². The molecule has 9 rings (SSSR count). The molecule has 100 heavy (non-hydrogen) atoms. The Bertz CT molecular complexity index is 4080. The number of amides is 9. The zero-order valence-corrected chi connectivity index (χ0v) is 57.3. The number of fused-ring (bicyclic) bond motifs is 5. The molecule has 0 aliphatic carbocycles. The number of aromatic nitrogens is 4. The second-order valence-electron chi connectivity index (χ2n) is 25.3. The van der Waals surface area contributed by atoms with Crippen LogP contribution in [-0.2, 0) is 85.1 Å². The summed E-state index contributed by atoms with van der Waals surface area (Å²) in [5.74, 6) is -8.18. The molecule has 26 nitrogen and oxygen atoms in total.